The van der Waals surface area contributed by atoms with E-state index in [0.717, 1.165) is 0 Å². The Hall–Kier alpha value is -0.710. The summed E-state index contributed by atoms with van der Waals surface area (Å²) in [4.78, 5) is 1.60. The first-order valence-electron chi connectivity index (χ1n) is 4.31. The van der Waals surface area contributed by atoms with E-state index in [2.05, 4.69) is 0 Å². The Morgan fingerprint density at radius 1 is 1.09 bits per heavy atom. The van der Waals surface area contributed by atoms with E-state index in [4.69, 9.17) is 5.26 Å². The molecule has 11 heavy (non-hydrogen) atoms. The second kappa shape index (κ2) is 16.1. The molecule has 0 unspecified atom stereocenters. The lowest BCUT2D eigenvalue weighted by molar-refractivity contribution is 0.391. The molecule has 0 bridgehead atoms. The van der Waals surface area contributed by atoms with Crippen LogP contribution in [-0.2, 0) is 0 Å². The highest BCUT2D eigenvalue weighted by Crippen LogP contribution is 1.87. The second-order valence-electron chi connectivity index (χ2n) is 1.80. The van der Waals surface area contributed by atoms with Crippen LogP contribution in [0.5, 0.6) is 0 Å². The van der Waals surface area contributed by atoms with Gasteiger partial charge in [-0.25, -0.2) is 0 Å². The van der Waals surface area contributed by atoms with Gasteiger partial charge in [0.1, 0.15) is 0 Å². The normalized spacial score (nSPS) is 6.45. The number of rotatable bonds is 1. The molecule has 0 aliphatic heterocycles. The first kappa shape index (κ1) is 16.7. The van der Waals surface area contributed by atoms with Crippen molar-refractivity contribution in [2.24, 2.45) is 0 Å². The van der Waals surface area contributed by atoms with Crippen molar-refractivity contribution in [2.75, 3.05) is 7.05 Å². The van der Waals surface area contributed by atoms with Crippen molar-refractivity contribution in [3.05, 3.63) is 0 Å². The average Bonchev–Trinajstić information content (AvgIpc) is 2.10. The maximum Gasteiger partial charge on any atom is 0.179 e. The van der Waals surface area contributed by atoms with Gasteiger partial charge in [-0.3, -0.25) is 0 Å². The van der Waals surface area contributed by atoms with Gasteiger partial charge in [-0.2, -0.15) is 5.26 Å². The predicted octanol–water partition coefficient (Wildman–Crippen LogP) is 2.86. The van der Waals surface area contributed by atoms with Gasteiger partial charge < -0.3 is 4.90 Å². The monoisotopic (exact) mass is 158 g/mol. The fourth-order valence-electron chi connectivity index (χ4n) is 0.115. The number of nitriles is 1. The topological polar surface area (TPSA) is 27.0 Å². The lowest BCUT2D eigenvalue weighted by atomic mass is 10.4. The van der Waals surface area contributed by atoms with Crippen LogP contribution in [0.3, 0.4) is 0 Å². The average molecular weight is 158 g/mol. The Labute approximate surface area is 71.8 Å². The van der Waals surface area contributed by atoms with E-state index in [9.17, 15) is 0 Å². The third-order valence-electron chi connectivity index (χ3n) is 0.932. The van der Waals surface area contributed by atoms with Crippen molar-refractivity contribution < 1.29 is 0 Å². The van der Waals surface area contributed by atoms with Gasteiger partial charge in [0.2, 0.25) is 0 Å². The predicted molar refractivity (Wildman–Crippen MR) is 51.2 cm³/mol. The standard InChI is InChI=1S/C5H10N2.2C2H6/c1-5(2)7(3)4-6;2*1-2/h5H,1-3H3;2*1-2H3. The molecule has 0 saturated heterocycles. The van der Waals surface area contributed by atoms with E-state index >= 15 is 0 Å². The molecule has 0 aliphatic carbocycles. The van der Waals surface area contributed by atoms with Gasteiger partial charge in [0, 0.05) is 13.1 Å². The largest absolute Gasteiger partial charge is 0.311 e. The number of nitrogens with zero attached hydrogens (tertiary/aromatic N) is 2. The molecule has 0 aliphatic rings. The Kier molecular flexibility index (Phi) is 24.5. The second-order valence-corrected chi connectivity index (χ2v) is 1.80. The highest BCUT2D eigenvalue weighted by atomic mass is 15.1. The Morgan fingerprint density at radius 3 is 1.36 bits per heavy atom. The molecule has 0 aromatic heterocycles. The van der Waals surface area contributed by atoms with Crippen LogP contribution in [0.4, 0.5) is 0 Å². The summed E-state index contributed by atoms with van der Waals surface area (Å²) < 4.78 is 0. The smallest absolute Gasteiger partial charge is 0.179 e. The van der Waals surface area contributed by atoms with Gasteiger partial charge in [-0.15, -0.1) is 0 Å². The third kappa shape index (κ3) is 17.6. The van der Waals surface area contributed by atoms with Crippen molar-refractivity contribution in [3.8, 4) is 6.19 Å². The van der Waals surface area contributed by atoms with E-state index in [-0.39, 0.29) is 0 Å². The molecular formula is C9H22N2. The van der Waals surface area contributed by atoms with E-state index in [1.165, 1.54) is 0 Å². The number of hydrogen-bond donors (Lipinski definition) is 0. The summed E-state index contributed by atoms with van der Waals surface area (Å²) in [5, 5.41) is 8.18. The van der Waals surface area contributed by atoms with Gasteiger partial charge in [-0.05, 0) is 13.8 Å². The zero-order chi connectivity index (χ0) is 9.86. The van der Waals surface area contributed by atoms with Crippen molar-refractivity contribution in [3.63, 3.8) is 0 Å². The van der Waals surface area contributed by atoms with Crippen LogP contribution in [0.2, 0.25) is 0 Å². The first-order valence-corrected chi connectivity index (χ1v) is 4.31. The summed E-state index contributed by atoms with van der Waals surface area (Å²) >= 11 is 0. The minimum absolute atomic E-state index is 0.338. The Balaban J connectivity index is -0.000000138. The molecule has 0 heterocycles. The summed E-state index contributed by atoms with van der Waals surface area (Å²) in [5.41, 5.74) is 0. The van der Waals surface area contributed by atoms with E-state index in [1.54, 1.807) is 11.9 Å². The molecule has 0 saturated carbocycles. The van der Waals surface area contributed by atoms with Gasteiger partial charge >= 0.3 is 0 Å². The third-order valence-corrected chi connectivity index (χ3v) is 0.932. The van der Waals surface area contributed by atoms with Crippen LogP contribution in [0.1, 0.15) is 41.5 Å². The molecule has 0 amide bonds. The first-order chi connectivity index (χ1) is 5.18. The quantitative estimate of drug-likeness (QED) is 0.433. The molecule has 0 aromatic carbocycles. The molecule has 0 spiro atoms. The maximum absolute atomic E-state index is 8.18. The van der Waals surface area contributed by atoms with Gasteiger partial charge in [0.05, 0.1) is 0 Å². The minimum atomic E-state index is 0.338. The maximum atomic E-state index is 8.18. The molecule has 2 heteroatoms. The molecule has 0 rings (SSSR count). The van der Waals surface area contributed by atoms with E-state index < -0.39 is 0 Å². The highest BCUT2D eigenvalue weighted by Gasteiger charge is 1.94. The van der Waals surface area contributed by atoms with Crippen LogP contribution < -0.4 is 0 Å². The summed E-state index contributed by atoms with van der Waals surface area (Å²) in [7, 11) is 1.77. The highest BCUT2D eigenvalue weighted by molar-refractivity contribution is 4.71. The molecule has 0 N–H and O–H groups in total. The summed E-state index contributed by atoms with van der Waals surface area (Å²) in [6.45, 7) is 12.0. The van der Waals surface area contributed by atoms with Gasteiger partial charge in [0.25, 0.3) is 0 Å². The van der Waals surface area contributed by atoms with Crippen LogP contribution >= 0.6 is 0 Å². The zero-order valence-electron chi connectivity index (χ0n) is 8.97. The lowest BCUT2D eigenvalue weighted by Gasteiger charge is -2.11. The van der Waals surface area contributed by atoms with Crippen LogP contribution in [-0.4, -0.2) is 18.0 Å². The molecule has 0 radical (unpaired) electrons. The Morgan fingerprint density at radius 2 is 1.36 bits per heavy atom. The van der Waals surface area contributed by atoms with Crippen LogP contribution in [0, 0.1) is 11.5 Å². The minimum Gasteiger partial charge on any atom is -0.311 e. The van der Waals surface area contributed by atoms with Crippen molar-refractivity contribution >= 4 is 0 Å². The molecular weight excluding hydrogens is 136 g/mol. The molecule has 0 aromatic rings. The van der Waals surface area contributed by atoms with E-state index in [0.29, 0.717) is 6.04 Å². The fraction of sp³-hybridized carbons (Fsp3) is 0.889. The van der Waals surface area contributed by atoms with Crippen LogP contribution in [0.15, 0.2) is 0 Å². The van der Waals surface area contributed by atoms with Crippen molar-refractivity contribution in [1.29, 1.82) is 5.26 Å². The molecule has 0 fully saturated rings. The SMILES string of the molecule is CC.CC.CC(C)N(C)C#N. The van der Waals surface area contributed by atoms with Crippen molar-refractivity contribution in [1.82, 2.24) is 4.90 Å². The van der Waals surface area contributed by atoms with Crippen LogP contribution in [0.25, 0.3) is 0 Å². The van der Waals surface area contributed by atoms with Gasteiger partial charge in [0.15, 0.2) is 6.19 Å². The molecule has 0 atom stereocenters. The Bertz CT molecular complexity index is 82.1. The summed E-state index contributed by atoms with van der Waals surface area (Å²) in [6.07, 6.45) is 2.00. The molecule has 2 nitrogen and oxygen atoms in total. The van der Waals surface area contributed by atoms with E-state index in [1.807, 2.05) is 47.7 Å². The van der Waals surface area contributed by atoms with Gasteiger partial charge in [-0.1, -0.05) is 27.7 Å². The zero-order valence-corrected chi connectivity index (χ0v) is 8.97. The lowest BCUT2D eigenvalue weighted by Crippen LogP contribution is -2.19. The number of hydrogen-bond acceptors (Lipinski definition) is 2. The summed E-state index contributed by atoms with van der Waals surface area (Å²) in [5.74, 6) is 0. The molecule has 68 valence electrons. The van der Waals surface area contributed by atoms with Crippen molar-refractivity contribution in [2.45, 2.75) is 47.6 Å². The summed E-state index contributed by atoms with van der Waals surface area (Å²) in [6, 6.07) is 0.338. The fourth-order valence-corrected chi connectivity index (χ4v) is 0.115.